The van der Waals surface area contributed by atoms with Crippen LogP contribution in [0.2, 0.25) is 0 Å². The molecule has 1 aliphatic rings. The van der Waals surface area contributed by atoms with E-state index in [9.17, 15) is 0 Å². The van der Waals surface area contributed by atoms with Gasteiger partial charge in [0.2, 0.25) is 0 Å². The molecule has 0 aromatic rings. The van der Waals surface area contributed by atoms with Gasteiger partial charge in [0.25, 0.3) is 0 Å². The second-order valence-electron chi connectivity index (χ2n) is 4.43. The summed E-state index contributed by atoms with van der Waals surface area (Å²) in [4.78, 5) is 0. The van der Waals surface area contributed by atoms with Crippen LogP contribution in [-0.4, -0.2) is 19.5 Å². The standard InChI is InChI=1S/C12H21P/c1-8-9(2)11(4)12(10(8)3)7-13(5)6/h12H,7H2,1-6H3. The molecule has 1 heteroatoms. The van der Waals surface area contributed by atoms with E-state index >= 15 is 0 Å². The van der Waals surface area contributed by atoms with Crippen LogP contribution in [0.1, 0.15) is 27.7 Å². The van der Waals surface area contributed by atoms with Crippen LogP contribution in [0.4, 0.5) is 0 Å². The Balaban J connectivity index is 2.89. The van der Waals surface area contributed by atoms with Crippen molar-refractivity contribution in [2.24, 2.45) is 5.92 Å². The lowest BCUT2D eigenvalue weighted by molar-refractivity contribution is 0.823. The highest BCUT2D eigenvalue weighted by Crippen LogP contribution is 2.42. The van der Waals surface area contributed by atoms with Gasteiger partial charge in [-0.05, 0) is 58.3 Å². The summed E-state index contributed by atoms with van der Waals surface area (Å²) in [6.07, 6.45) is 1.38. The molecule has 0 fully saturated rings. The number of allylic oxidation sites excluding steroid dienone is 4. The minimum Gasteiger partial charge on any atom is -0.112 e. The first-order valence-corrected chi connectivity index (χ1v) is 7.37. The van der Waals surface area contributed by atoms with E-state index in [4.69, 9.17) is 0 Å². The van der Waals surface area contributed by atoms with Crippen LogP contribution in [0.5, 0.6) is 0 Å². The largest absolute Gasteiger partial charge is 0.112 e. The highest BCUT2D eigenvalue weighted by molar-refractivity contribution is 7.56. The number of hydrogen-bond donors (Lipinski definition) is 0. The van der Waals surface area contributed by atoms with Gasteiger partial charge in [-0.2, -0.15) is 0 Å². The average Bonchev–Trinajstić information content (AvgIpc) is 2.22. The number of rotatable bonds is 2. The molecule has 13 heavy (non-hydrogen) atoms. The van der Waals surface area contributed by atoms with Crippen LogP contribution < -0.4 is 0 Å². The minimum atomic E-state index is 0.229. The monoisotopic (exact) mass is 196 g/mol. The van der Waals surface area contributed by atoms with Crippen LogP contribution in [0, 0.1) is 5.92 Å². The van der Waals surface area contributed by atoms with Crippen molar-refractivity contribution in [3.8, 4) is 0 Å². The molecular formula is C12H21P. The molecule has 0 bridgehead atoms. The molecule has 0 unspecified atom stereocenters. The van der Waals surface area contributed by atoms with Crippen molar-refractivity contribution < 1.29 is 0 Å². The SMILES string of the molecule is CC1=C(C)C(CP(C)C)C(C)=C1C. The van der Waals surface area contributed by atoms with Crippen molar-refractivity contribution in [1.29, 1.82) is 0 Å². The van der Waals surface area contributed by atoms with Gasteiger partial charge < -0.3 is 0 Å². The van der Waals surface area contributed by atoms with Crippen molar-refractivity contribution in [2.45, 2.75) is 27.7 Å². The van der Waals surface area contributed by atoms with Gasteiger partial charge >= 0.3 is 0 Å². The molecule has 0 amide bonds. The Morgan fingerprint density at radius 2 is 1.31 bits per heavy atom. The summed E-state index contributed by atoms with van der Waals surface area (Å²) < 4.78 is 0. The summed E-state index contributed by atoms with van der Waals surface area (Å²) in [7, 11) is 0.229. The van der Waals surface area contributed by atoms with E-state index in [-0.39, 0.29) is 7.92 Å². The van der Waals surface area contributed by atoms with Gasteiger partial charge in [0.05, 0.1) is 0 Å². The zero-order chi connectivity index (χ0) is 10.2. The smallest absolute Gasteiger partial charge is 0.00521 e. The lowest BCUT2D eigenvalue weighted by atomic mass is 9.99. The molecule has 0 nitrogen and oxygen atoms in total. The molecule has 0 aromatic heterocycles. The van der Waals surface area contributed by atoms with Crippen LogP contribution >= 0.6 is 7.92 Å². The van der Waals surface area contributed by atoms with Crippen molar-refractivity contribution >= 4 is 7.92 Å². The first kappa shape index (κ1) is 11.0. The Bertz CT molecular complexity index is 245. The third-order valence-corrected chi connectivity index (χ3v) is 4.43. The Morgan fingerprint density at radius 1 is 0.923 bits per heavy atom. The first-order chi connectivity index (χ1) is 5.95. The van der Waals surface area contributed by atoms with E-state index < -0.39 is 0 Å². The predicted octanol–water partition coefficient (Wildman–Crippen LogP) is 4.03. The molecule has 0 aliphatic heterocycles. The summed E-state index contributed by atoms with van der Waals surface area (Å²) in [5, 5.41) is 0. The van der Waals surface area contributed by atoms with Gasteiger partial charge in [0.15, 0.2) is 0 Å². The molecule has 1 rings (SSSR count). The molecule has 0 radical (unpaired) electrons. The second-order valence-corrected chi connectivity index (χ2v) is 6.96. The van der Waals surface area contributed by atoms with E-state index in [1.165, 1.54) is 6.16 Å². The molecule has 0 saturated carbocycles. The number of hydrogen-bond acceptors (Lipinski definition) is 0. The molecule has 0 aromatic carbocycles. The molecule has 0 heterocycles. The van der Waals surface area contributed by atoms with E-state index in [0.717, 1.165) is 5.92 Å². The Kier molecular flexibility index (Phi) is 3.35. The van der Waals surface area contributed by atoms with E-state index in [0.29, 0.717) is 0 Å². The lowest BCUT2D eigenvalue weighted by Crippen LogP contribution is -2.05. The van der Waals surface area contributed by atoms with Gasteiger partial charge in [-0.15, -0.1) is 7.92 Å². The normalized spacial score (nSPS) is 19.6. The van der Waals surface area contributed by atoms with Crippen molar-refractivity contribution in [3.63, 3.8) is 0 Å². The average molecular weight is 196 g/mol. The molecule has 0 N–H and O–H groups in total. The lowest BCUT2D eigenvalue weighted by Gasteiger charge is -2.17. The van der Waals surface area contributed by atoms with Gasteiger partial charge in [0, 0.05) is 5.92 Å². The summed E-state index contributed by atoms with van der Waals surface area (Å²) in [5.41, 5.74) is 6.32. The van der Waals surface area contributed by atoms with Crippen molar-refractivity contribution in [1.82, 2.24) is 0 Å². The highest BCUT2D eigenvalue weighted by Gasteiger charge is 2.24. The highest BCUT2D eigenvalue weighted by atomic mass is 31.1. The Morgan fingerprint density at radius 3 is 1.62 bits per heavy atom. The fourth-order valence-corrected chi connectivity index (χ4v) is 3.36. The summed E-state index contributed by atoms with van der Waals surface area (Å²) >= 11 is 0. The van der Waals surface area contributed by atoms with Crippen LogP contribution in [0.25, 0.3) is 0 Å². The Hall–Kier alpha value is -0.0900. The van der Waals surface area contributed by atoms with Gasteiger partial charge in [-0.1, -0.05) is 11.1 Å². The van der Waals surface area contributed by atoms with Gasteiger partial charge in [-0.25, -0.2) is 0 Å². The molecule has 74 valence electrons. The Labute approximate surface area is 83.9 Å². The van der Waals surface area contributed by atoms with E-state index in [2.05, 4.69) is 41.0 Å². The fourth-order valence-electron chi connectivity index (χ4n) is 2.08. The topological polar surface area (TPSA) is 0 Å². The summed E-state index contributed by atoms with van der Waals surface area (Å²) in [5.74, 6) is 0.765. The molecular weight excluding hydrogens is 175 g/mol. The molecule has 1 aliphatic carbocycles. The van der Waals surface area contributed by atoms with Crippen LogP contribution in [-0.2, 0) is 0 Å². The fraction of sp³-hybridized carbons (Fsp3) is 0.667. The van der Waals surface area contributed by atoms with E-state index in [1.807, 2.05) is 0 Å². The third-order valence-electron chi connectivity index (χ3n) is 3.34. The maximum absolute atomic E-state index is 2.37. The maximum Gasteiger partial charge on any atom is 0.00521 e. The van der Waals surface area contributed by atoms with Gasteiger partial charge in [0.1, 0.15) is 0 Å². The molecule has 0 saturated heterocycles. The maximum atomic E-state index is 2.37. The van der Waals surface area contributed by atoms with Crippen LogP contribution in [0.3, 0.4) is 0 Å². The zero-order valence-corrected chi connectivity index (χ0v) is 10.6. The van der Waals surface area contributed by atoms with Gasteiger partial charge in [-0.3, -0.25) is 0 Å². The molecule has 0 spiro atoms. The van der Waals surface area contributed by atoms with Crippen molar-refractivity contribution in [2.75, 3.05) is 19.5 Å². The summed E-state index contributed by atoms with van der Waals surface area (Å²) in [6.45, 7) is 13.9. The molecule has 0 atom stereocenters. The predicted molar refractivity (Wildman–Crippen MR) is 63.9 cm³/mol. The zero-order valence-electron chi connectivity index (χ0n) is 9.73. The minimum absolute atomic E-state index is 0.229. The van der Waals surface area contributed by atoms with Crippen LogP contribution in [0.15, 0.2) is 22.3 Å². The quantitative estimate of drug-likeness (QED) is 0.585. The summed E-state index contributed by atoms with van der Waals surface area (Å²) in [6, 6.07) is 0. The van der Waals surface area contributed by atoms with E-state index in [1.54, 1.807) is 22.3 Å². The second kappa shape index (κ2) is 3.96. The third kappa shape index (κ3) is 2.05. The van der Waals surface area contributed by atoms with Crippen molar-refractivity contribution in [3.05, 3.63) is 22.3 Å². The first-order valence-electron chi connectivity index (χ1n) is 4.95.